The van der Waals surface area contributed by atoms with E-state index in [1.807, 2.05) is 18.2 Å². The second kappa shape index (κ2) is 4.59. The zero-order chi connectivity index (χ0) is 11.7. The SMILES string of the molecule is Clc1nc(C2CCCNC2)c2ccccc2n1. The first kappa shape index (κ1) is 10.9. The molecule has 2 aromatic rings. The number of nitrogens with one attached hydrogen (secondary N) is 1. The molecule has 1 aromatic carbocycles. The van der Waals surface area contributed by atoms with Crippen LogP contribution in [0.15, 0.2) is 24.3 Å². The Balaban J connectivity index is 2.13. The Morgan fingerprint density at radius 1 is 1.24 bits per heavy atom. The van der Waals surface area contributed by atoms with Gasteiger partial charge >= 0.3 is 0 Å². The summed E-state index contributed by atoms with van der Waals surface area (Å²) in [7, 11) is 0. The highest BCUT2D eigenvalue weighted by Gasteiger charge is 2.19. The van der Waals surface area contributed by atoms with Crippen molar-refractivity contribution in [3.8, 4) is 0 Å². The number of aromatic nitrogens is 2. The van der Waals surface area contributed by atoms with Crippen LogP contribution in [0.25, 0.3) is 10.9 Å². The normalized spacial score (nSPS) is 20.6. The van der Waals surface area contributed by atoms with Crippen LogP contribution in [0.2, 0.25) is 5.28 Å². The van der Waals surface area contributed by atoms with Crippen LogP contribution < -0.4 is 5.32 Å². The highest BCUT2D eigenvalue weighted by Crippen LogP contribution is 2.28. The molecule has 0 aliphatic carbocycles. The average molecular weight is 248 g/mol. The lowest BCUT2D eigenvalue weighted by atomic mass is 9.93. The molecule has 3 nitrogen and oxygen atoms in total. The zero-order valence-corrected chi connectivity index (χ0v) is 10.2. The Bertz CT molecular complexity index is 535. The molecule has 0 spiro atoms. The molecular formula is C13H14ClN3. The molecule has 88 valence electrons. The van der Waals surface area contributed by atoms with E-state index in [1.165, 1.54) is 12.8 Å². The summed E-state index contributed by atoms with van der Waals surface area (Å²) in [5, 5.41) is 4.90. The fraction of sp³-hybridized carbons (Fsp3) is 0.385. The van der Waals surface area contributed by atoms with Gasteiger partial charge < -0.3 is 5.32 Å². The summed E-state index contributed by atoms with van der Waals surface area (Å²) in [6.07, 6.45) is 2.37. The summed E-state index contributed by atoms with van der Waals surface area (Å²) < 4.78 is 0. The molecule has 3 rings (SSSR count). The number of fused-ring (bicyclic) bond motifs is 1. The number of hydrogen-bond donors (Lipinski definition) is 1. The molecule has 1 atom stereocenters. The van der Waals surface area contributed by atoms with Crippen molar-refractivity contribution in [1.82, 2.24) is 15.3 Å². The summed E-state index contributed by atoms with van der Waals surface area (Å²) in [6.45, 7) is 2.09. The van der Waals surface area contributed by atoms with Gasteiger partial charge in [-0.1, -0.05) is 18.2 Å². The minimum absolute atomic E-state index is 0.351. The van der Waals surface area contributed by atoms with Crippen LogP contribution in [-0.2, 0) is 0 Å². The fourth-order valence-corrected chi connectivity index (χ4v) is 2.65. The van der Waals surface area contributed by atoms with E-state index < -0.39 is 0 Å². The maximum absolute atomic E-state index is 6.00. The molecule has 0 amide bonds. The van der Waals surface area contributed by atoms with E-state index in [0.29, 0.717) is 11.2 Å². The molecule has 1 aliphatic rings. The summed E-state index contributed by atoms with van der Waals surface area (Å²) >= 11 is 6.00. The van der Waals surface area contributed by atoms with Crippen LogP contribution in [-0.4, -0.2) is 23.1 Å². The van der Waals surface area contributed by atoms with Crippen molar-refractivity contribution < 1.29 is 0 Å². The molecule has 0 saturated carbocycles. The van der Waals surface area contributed by atoms with E-state index in [2.05, 4.69) is 21.4 Å². The second-order valence-electron chi connectivity index (χ2n) is 4.44. The van der Waals surface area contributed by atoms with E-state index >= 15 is 0 Å². The van der Waals surface area contributed by atoms with Gasteiger partial charge in [-0.2, -0.15) is 0 Å². The molecule has 1 aromatic heterocycles. The van der Waals surface area contributed by atoms with Crippen molar-refractivity contribution in [3.05, 3.63) is 35.2 Å². The van der Waals surface area contributed by atoms with Crippen molar-refractivity contribution in [1.29, 1.82) is 0 Å². The quantitative estimate of drug-likeness (QED) is 0.788. The Morgan fingerprint density at radius 3 is 2.94 bits per heavy atom. The largest absolute Gasteiger partial charge is 0.316 e. The summed E-state index contributed by atoms with van der Waals surface area (Å²) in [4.78, 5) is 8.70. The predicted molar refractivity (Wildman–Crippen MR) is 69.4 cm³/mol. The molecule has 4 heteroatoms. The molecule has 1 N–H and O–H groups in total. The number of piperidine rings is 1. The van der Waals surface area contributed by atoms with E-state index in [0.717, 1.165) is 29.7 Å². The predicted octanol–water partition coefficient (Wildman–Crippen LogP) is 2.75. The van der Waals surface area contributed by atoms with Crippen LogP contribution in [0.3, 0.4) is 0 Å². The number of benzene rings is 1. The van der Waals surface area contributed by atoms with Gasteiger partial charge in [-0.05, 0) is 37.1 Å². The maximum Gasteiger partial charge on any atom is 0.223 e. The number of rotatable bonds is 1. The molecule has 0 radical (unpaired) electrons. The first-order valence-corrected chi connectivity index (χ1v) is 6.35. The molecule has 1 saturated heterocycles. The highest BCUT2D eigenvalue weighted by molar-refractivity contribution is 6.28. The van der Waals surface area contributed by atoms with Gasteiger partial charge in [-0.3, -0.25) is 0 Å². The standard InChI is InChI=1S/C13H14ClN3/c14-13-16-11-6-2-1-5-10(11)12(17-13)9-4-3-7-15-8-9/h1-2,5-6,9,15H,3-4,7-8H2. The maximum atomic E-state index is 6.00. The van der Waals surface area contributed by atoms with Gasteiger partial charge in [0.25, 0.3) is 0 Å². The Kier molecular flexibility index (Phi) is 2.95. The van der Waals surface area contributed by atoms with Crippen molar-refractivity contribution >= 4 is 22.5 Å². The summed E-state index contributed by atoms with van der Waals surface area (Å²) in [5.74, 6) is 0.453. The molecule has 1 unspecified atom stereocenters. The molecule has 2 heterocycles. The minimum Gasteiger partial charge on any atom is -0.316 e. The third kappa shape index (κ3) is 2.13. The van der Waals surface area contributed by atoms with Gasteiger partial charge in [0, 0.05) is 17.8 Å². The summed E-state index contributed by atoms with van der Waals surface area (Å²) in [6, 6.07) is 8.08. The van der Waals surface area contributed by atoms with E-state index in [4.69, 9.17) is 11.6 Å². The van der Waals surface area contributed by atoms with Crippen LogP contribution >= 0.6 is 11.6 Å². The topological polar surface area (TPSA) is 37.8 Å². The van der Waals surface area contributed by atoms with Gasteiger partial charge in [0.05, 0.1) is 11.2 Å². The fourth-order valence-electron chi connectivity index (χ4n) is 2.47. The number of halogens is 1. The third-order valence-corrected chi connectivity index (χ3v) is 3.46. The Hall–Kier alpha value is -1.19. The Morgan fingerprint density at radius 2 is 2.12 bits per heavy atom. The number of nitrogens with zero attached hydrogens (tertiary/aromatic N) is 2. The molecule has 0 bridgehead atoms. The number of para-hydroxylation sites is 1. The smallest absolute Gasteiger partial charge is 0.223 e. The minimum atomic E-state index is 0.351. The third-order valence-electron chi connectivity index (χ3n) is 3.29. The van der Waals surface area contributed by atoms with Gasteiger partial charge in [0.1, 0.15) is 0 Å². The van der Waals surface area contributed by atoms with Crippen molar-refractivity contribution in [3.63, 3.8) is 0 Å². The second-order valence-corrected chi connectivity index (χ2v) is 4.78. The molecular weight excluding hydrogens is 234 g/mol. The lowest BCUT2D eigenvalue weighted by Crippen LogP contribution is -2.29. The van der Waals surface area contributed by atoms with Crippen molar-refractivity contribution in [2.45, 2.75) is 18.8 Å². The Labute approximate surface area is 105 Å². The lowest BCUT2D eigenvalue weighted by molar-refractivity contribution is 0.456. The van der Waals surface area contributed by atoms with Gasteiger partial charge in [-0.15, -0.1) is 0 Å². The first-order valence-electron chi connectivity index (χ1n) is 5.97. The van der Waals surface area contributed by atoms with Crippen LogP contribution in [0, 0.1) is 0 Å². The zero-order valence-electron chi connectivity index (χ0n) is 9.49. The van der Waals surface area contributed by atoms with E-state index in [-0.39, 0.29) is 0 Å². The highest BCUT2D eigenvalue weighted by atomic mass is 35.5. The van der Waals surface area contributed by atoms with Crippen molar-refractivity contribution in [2.24, 2.45) is 0 Å². The molecule has 1 fully saturated rings. The average Bonchev–Trinajstić information content (AvgIpc) is 2.39. The first-order chi connectivity index (χ1) is 8.34. The van der Waals surface area contributed by atoms with Crippen molar-refractivity contribution in [2.75, 3.05) is 13.1 Å². The van der Waals surface area contributed by atoms with Gasteiger partial charge in [-0.25, -0.2) is 9.97 Å². The number of hydrogen-bond acceptors (Lipinski definition) is 3. The van der Waals surface area contributed by atoms with Gasteiger partial charge in [0.2, 0.25) is 5.28 Å². The lowest BCUT2D eigenvalue weighted by Gasteiger charge is -2.23. The van der Waals surface area contributed by atoms with E-state index in [1.54, 1.807) is 0 Å². The van der Waals surface area contributed by atoms with Crippen LogP contribution in [0.5, 0.6) is 0 Å². The van der Waals surface area contributed by atoms with Gasteiger partial charge in [0.15, 0.2) is 0 Å². The monoisotopic (exact) mass is 247 g/mol. The summed E-state index contributed by atoms with van der Waals surface area (Å²) in [5.41, 5.74) is 2.03. The van der Waals surface area contributed by atoms with E-state index in [9.17, 15) is 0 Å². The van der Waals surface area contributed by atoms with Crippen LogP contribution in [0.4, 0.5) is 0 Å². The molecule has 17 heavy (non-hydrogen) atoms. The van der Waals surface area contributed by atoms with Crippen LogP contribution in [0.1, 0.15) is 24.5 Å². The molecule has 1 aliphatic heterocycles.